The Hall–Kier alpha value is -3.36. The Kier molecular flexibility index (Phi) is 9.43. The van der Waals surface area contributed by atoms with Crippen molar-refractivity contribution in [3.63, 3.8) is 0 Å². The number of nitrogens with zero attached hydrogens (tertiary/aromatic N) is 1. The summed E-state index contributed by atoms with van der Waals surface area (Å²) < 4.78 is 49.9. The molecule has 0 fully saturated rings. The number of nitriles is 1. The molecule has 2 rings (SSSR count). The highest BCUT2D eigenvalue weighted by Crippen LogP contribution is 2.18. The lowest BCUT2D eigenvalue weighted by Crippen LogP contribution is -2.13. The molecule has 0 bridgehead atoms. The molecule has 32 heavy (non-hydrogen) atoms. The summed E-state index contributed by atoms with van der Waals surface area (Å²) in [5.74, 6) is -1.74. The van der Waals surface area contributed by atoms with Gasteiger partial charge in [-0.05, 0) is 12.1 Å². The molecule has 0 aliphatic rings. The minimum atomic E-state index is -3.49. The molecule has 2 aromatic rings. The van der Waals surface area contributed by atoms with Crippen LogP contribution in [0.2, 0.25) is 0 Å². The number of benzene rings is 2. The van der Waals surface area contributed by atoms with Gasteiger partial charge in [0.15, 0.2) is 31.2 Å². The summed E-state index contributed by atoms with van der Waals surface area (Å²) in [6, 6.07) is 13.4. The topological polar surface area (TPSA) is 153 Å². The van der Waals surface area contributed by atoms with Gasteiger partial charge < -0.3 is 4.74 Å². The standard InChI is InChI=1S/C11H12O5S.C10H9NO3S/c1-16-11(13)7-9(12)8-5-3-4-6-10(8)17(2,14)15;1-15(13,14)10-5-3-2-4-8(10)9(12)6-7-11/h3-6H,7H2,1-2H3;2-5H,6H2,1H3. The molecule has 0 spiro atoms. The van der Waals surface area contributed by atoms with Gasteiger partial charge in [0, 0.05) is 23.6 Å². The highest BCUT2D eigenvalue weighted by molar-refractivity contribution is 7.91. The number of rotatable bonds is 7. The second kappa shape index (κ2) is 11.3. The first-order valence-corrected chi connectivity index (χ1v) is 12.7. The zero-order chi connectivity index (χ0) is 24.5. The molecular formula is C21H21NO8S2. The van der Waals surface area contributed by atoms with E-state index < -0.39 is 43.6 Å². The van der Waals surface area contributed by atoms with Crippen molar-refractivity contribution in [2.75, 3.05) is 19.6 Å². The predicted octanol–water partition coefficient (Wildman–Crippen LogP) is 2.02. The molecule has 0 aliphatic heterocycles. The molecule has 0 saturated heterocycles. The van der Waals surface area contributed by atoms with Crippen LogP contribution >= 0.6 is 0 Å². The molecule has 0 saturated carbocycles. The number of carbonyl (C=O) groups is 3. The van der Waals surface area contributed by atoms with Crippen LogP contribution in [-0.2, 0) is 29.2 Å². The molecule has 2 aromatic carbocycles. The van der Waals surface area contributed by atoms with Crippen LogP contribution in [0.4, 0.5) is 0 Å². The number of esters is 1. The lowest BCUT2D eigenvalue weighted by Gasteiger charge is -2.05. The SMILES string of the molecule is COC(=O)CC(=O)c1ccccc1S(C)(=O)=O.CS(=O)(=O)c1ccccc1C(=O)CC#N. The van der Waals surface area contributed by atoms with Gasteiger partial charge in [0.1, 0.15) is 6.42 Å². The average molecular weight is 480 g/mol. The number of methoxy groups -OCH3 is 1. The van der Waals surface area contributed by atoms with Gasteiger partial charge in [-0.15, -0.1) is 0 Å². The van der Waals surface area contributed by atoms with Crippen molar-refractivity contribution in [3.8, 4) is 6.07 Å². The van der Waals surface area contributed by atoms with E-state index in [2.05, 4.69) is 4.74 Å². The van der Waals surface area contributed by atoms with Crippen molar-refractivity contribution in [2.45, 2.75) is 22.6 Å². The van der Waals surface area contributed by atoms with E-state index >= 15 is 0 Å². The molecule has 0 radical (unpaired) electrons. The number of ketones is 2. The third-order valence-corrected chi connectivity index (χ3v) is 6.26. The smallest absolute Gasteiger partial charge is 0.313 e. The molecule has 9 nitrogen and oxygen atoms in total. The number of Topliss-reactive ketones (excluding diaryl/α,β-unsaturated/α-hetero) is 2. The van der Waals surface area contributed by atoms with E-state index in [1.165, 1.54) is 30.3 Å². The summed E-state index contributed by atoms with van der Waals surface area (Å²) in [6.45, 7) is 0. The summed E-state index contributed by atoms with van der Waals surface area (Å²) in [6.07, 6.45) is 1.26. The van der Waals surface area contributed by atoms with Crippen molar-refractivity contribution >= 4 is 37.2 Å². The first-order valence-electron chi connectivity index (χ1n) is 8.91. The molecule has 0 atom stereocenters. The molecule has 0 aromatic heterocycles. The van der Waals surface area contributed by atoms with Crippen molar-refractivity contribution < 1.29 is 36.0 Å². The number of hydrogen-bond donors (Lipinski definition) is 0. The molecule has 0 N–H and O–H groups in total. The zero-order valence-electron chi connectivity index (χ0n) is 17.6. The lowest BCUT2D eigenvalue weighted by molar-refractivity contribution is -0.139. The van der Waals surface area contributed by atoms with E-state index in [1.807, 2.05) is 0 Å². The van der Waals surface area contributed by atoms with Crippen LogP contribution in [0.5, 0.6) is 0 Å². The summed E-state index contributed by atoms with van der Waals surface area (Å²) in [4.78, 5) is 34.0. The van der Waals surface area contributed by atoms with Gasteiger partial charge in [0.05, 0.1) is 29.4 Å². The number of sulfone groups is 2. The fourth-order valence-electron chi connectivity index (χ4n) is 2.51. The second-order valence-electron chi connectivity index (χ2n) is 6.47. The summed E-state index contributed by atoms with van der Waals surface area (Å²) >= 11 is 0. The van der Waals surface area contributed by atoms with Gasteiger partial charge in [-0.25, -0.2) is 16.8 Å². The van der Waals surface area contributed by atoms with Crippen LogP contribution in [0.15, 0.2) is 58.3 Å². The molecule has 0 amide bonds. The third kappa shape index (κ3) is 7.72. The first kappa shape index (κ1) is 26.7. The summed E-state index contributed by atoms with van der Waals surface area (Å²) in [7, 11) is -5.76. The maximum Gasteiger partial charge on any atom is 0.313 e. The highest BCUT2D eigenvalue weighted by atomic mass is 32.2. The van der Waals surface area contributed by atoms with Crippen LogP contribution in [-0.4, -0.2) is 54.0 Å². The fraction of sp³-hybridized carbons (Fsp3) is 0.238. The first-order chi connectivity index (χ1) is 14.8. The quantitative estimate of drug-likeness (QED) is 0.330. The molecule has 0 aliphatic carbocycles. The Morgan fingerprint density at radius 2 is 1.22 bits per heavy atom. The zero-order valence-corrected chi connectivity index (χ0v) is 19.2. The van der Waals surface area contributed by atoms with Crippen LogP contribution in [0.3, 0.4) is 0 Å². The molecule has 0 unspecified atom stereocenters. The van der Waals surface area contributed by atoms with Gasteiger partial charge in [-0.2, -0.15) is 5.26 Å². The Balaban J connectivity index is 0.000000323. The second-order valence-corrected chi connectivity index (χ2v) is 10.4. The normalized spacial score (nSPS) is 10.8. The molecule has 0 heterocycles. The van der Waals surface area contributed by atoms with Crippen molar-refractivity contribution in [2.24, 2.45) is 0 Å². The minimum absolute atomic E-state index is 0.0143. The number of ether oxygens (including phenoxy) is 1. The monoisotopic (exact) mass is 479 g/mol. The van der Waals surface area contributed by atoms with Crippen molar-refractivity contribution in [1.82, 2.24) is 0 Å². The molecule has 170 valence electrons. The number of carbonyl (C=O) groups excluding carboxylic acids is 3. The molecular weight excluding hydrogens is 458 g/mol. The van der Waals surface area contributed by atoms with E-state index in [-0.39, 0.29) is 27.3 Å². The number of hydrogen-bond acceptors (Lipinski definition) is 9. The lowest BCUT2D eigenvalue weighted by atomic mass is 10.1. The van der Waals surface area contributed by atoms with Gasteiger partial charge in [0.2, 0.25) is 0 Å². The predicted molar refractivity (Wildman–Crippen MR) is 115 cm³/mol. The average Bonchev–Trinajstić information content (AvgIpc) is 2.73. The highest BCUT2D eigenvalue weighted by Gasteiger charge is 2.20. The van der Waals surface area contributed by atoms with E-state index in [9.17, 15) is 31.2 Å². The Morgan fingerprint density at radius 3 is 1.59 bits per heavy atom. The van der Waals surface area contributed by atoms with Crippen LogP contribution in [0.25, 0.3) is 0 Å². The van der Waals surface area contributed by atoms with Gasteiger partial charge in [-0.1, -0.05) is 36.4 Å². The van der Waals surface area contributed by atoms with Crippen molar-refractivity contribution in [1.29, 1.82) is 5.26 Å². The molecule has 11 heteroatoms. The maximum atomic E-state index is 11.7. The van der Waals surface area contributed by atoms with Gasteiger partial charge >= 0.3 is 5.97 Å². The maximum absolute atomic E-state index is 11.7. The fourth-order valence-corrected chi connectivity index (χ4v) is 4.32. The Morgan fingerprint density at radius 1 is 0.812 bits per heavy atom. The minimum Gasteiger partial charge on any atom is -0.469 e. The van der Waals surface area contributed by atoms with Gasteiger partial charge in [-0.3, -0.25) is 14.4 Å². The van der Waals surface area contributed by atoms with E-state index in [0.717, 1.165) is 19.6 Å². The van der Waals surface area contributed by atoms with E-state index in [0.29, 0.717) is 0 Å². The van der Waals surface area contributed by atoms with Crippen LogP contribution in [0, 0.1) is 11.3 Å². The Bertz CT molecular complexity index is 1270. The largest absolute Gasteiger partial charge is 0.469 e. The third-order valence-electron chi connectivity index (χ3n) is 3.95. The summed E-state index contributed by atoms with van der Waals surface area (Å²) in [5, 5.41) is 8.37. The van der Waals surface area contributed by atoms with Gasteiger partial charge in [0.25, 0.3) is 0 Å². The summed E-state index contributed by atoms with van der Waals surface area (Å²) in [5.41, 5.74) is 0.0990. The van der Waals surface area contributed by atoms with E-state index in [1.54, 1.807) is 24.3 Å². The Labute approximate surface area is 186 Å². The van der Waals surface area contributed by atoms with Crippen LogP contribution in [0.1, 0.15) is 33.6 Å². The van der Waals surface area contributed by atoms with E-state index in [4.69, 9.17) is 5.26 Å². The van der Waals surface area contributed by atoms with Crippen LogP contribution < -0.4 is 0 Å². The van der Waals surface area contributed by atoms with Crippen molar-refractivity contribution in [3.05, 3.63) is 59.7 Å².